The van der Waals surface area contributed by atoms with Crippen LogP contribution in [-0.2, 0) is 4.74 Å². The lowest BCUT2D eigenvalue weighted by Gasteiger charge is -2.48. The van der Waals surface area contributed by atoms with Crippen molar-refractivity contribution in [3.05, 3.63) is 53.1 Å². The SMILES string of the molecule is Clc1cc(N2CCC3(CCO3)CC2)c(C#Cc2cccnc2)cn1. The number of anilines is 1. The third-order valence-corrected chi connectivity index (χ3v) is 5.04. The van der Waals surface area contributed by atoms with Gasteiger partial charge in [0.15, 0.2) is 0 Å². The Morgan fingerprint density at radius 2 is 2.00 bits per heavy atom. The monoisotopic (exact) mass is 339 g/mol. The number of rotatable bonds is 1. The van der Waals surface area contributed by atoms with Gasteiger partial charge in [-0.3, -0.25) is 4.98 Å². The first-order chi connectivity index (χ1) is 11.7. The summed E-state index contributed by atoms with van der Waals surface area (Å²) in [5.74, 6) is 6.37. The van der Waals surface area contributed by atoms with E-state index >= 15 is 0 Å². The maximum absolute atomic E-state index is 6.13. The Kier molecular flexibility index (Phi) is 4.13. The second-order valence-electron chi connectivity index (χ2n) is 6.28. The number of aromatic nitrogens is 2. The van der Waals surface area contributed by atoms with Crippen LogP contribution in [0, 0.1) is 11.8 Å². The van der Waals surface area contributed by atoms with E-state index in [-0.39, 0.29) is 5.60 Å². The van der Waals surface area contributed by atoms with Crippen LogP contribution in [0.5, 0.6) is 0 Å². The van der Waals surface area contributed by atoms with Crippen molar-refractivity contribution in [3.63, 3.8) is 0 Å². The van der Waals surface area contributed by atoms with E-state index in [0.29, 0.717) is 5.15 Å². The fraction of sp³-hybridized carbons (Fsp3) is 0.368. The summed E-state index contributed by atoms with van der Waals surface area (Å²) in [6.07, 6.45) is 8.56. The highest BCUT2D eigenvalue weighted by Crippen LogP contribution is 2.38. The second-order valence-corrected chi connectivity index (χ2v) is 6.67. The summed E-state index contributed by atoms with van der Waals surface area (Å²) in [4.78, 5) is 10.6. The Labute approximate surface area is 146 Å². The van der Waals surface area contributed by atoms with E-state index in [0.717, 1.165) is 49.4 Å². The maximum Gasteiger partial charge on any atom is 0.131 e. The largest absolute Gasteiger partial charge is 0.375 e. The van der Waals surface area contributed by atoms with Gasteiger partial charge in [-0.2, -0.15) is 0 Å². The van der Waals surface area contributed by atoms with Gasteiger partial charge in [-0.25, -0.2) is 4.98 Å². The van der Waals surface area contributed by atoms with Gasteiger partial charge in [-0.15, -0.1) is 0 Å². The Morgan fingerprint density at radius 1 is 1.17 bits per heavy atom. The maximum atomic E-state index is 6.13. The summed E-state index contributed by atoms with van der Waals surface area (Å²) in [6.45, 7) is 2.83. The van der Waals surface area contributed by atoms with Crippen LogP contribution < -0.4 is 4.90 Å². The van der Waals surface area contributed by atoms with E-state index in [1.807, 2.05) is 18.2 Å². The van der Waals surface area contributed by atoms with E-state index in [1.165, 1.54) is 6.42 Å². The minimum Gasteiger partial charge on any atom is -0.375 e. The molecule has 0 atom stereocenters. The summed E-state index contributed by atoms with van der Waals surface area (Å²) >= 11 is 6.13. The molecule has 2 aliphatic rings. The third kappa shape index (κ3) is 3.10. The Hall–Kier alpha value is -2.09. The molecule has 0 unspecified atom stereocenters. The summed E-state index contributed by atoms with van der Waals surface area (Å²) in [5.41, 5.74) is 2.97. The van der Waals surface area contributed by atoms with Crippen LogP contribution in [-0.4, -0.2) is 35.3 Å². The Bertz CT molecular complexity index is 783. The zero-order valence-corrected chi connectivity index (χ0v) is 14.1. The van der Waals surface area contributed by atoms with Gasteiger partial charge in [0.1, 0.15) is 5.15 Å². The fourth-order valence-electron chi connectivity index (χ4n) is 3.29. The molecule has 2 aliphatic heterocycles. The molecule has 0 N–H and O–H groups in total. The normalized spacial score (nSPS) is 18.6. The van der Waals surface area contributed by atoms with Crippen molar-refractivity contribution in [2.24, 2.45) is 0 Å². The fourth-order valence-corrected chi connectivity index (χ4v) is 3.45. The molecule has 0 aliphatic carbocycles. The molecule has 24 heavy (non-hydrogen) atoms. The smallest absolute Gasteiger partial charge is 0.131 e. The van der Waals surface area contributed by atoms with Gasteiger partial charge in [0.2, 0.25) is 0 Å². The molecule has 4 nitrogen and oxygen atoms in total. The van der Waals surface area contributed by atoms with E-state index < -0.39 is 0 Å². The molecule has 0 saturated carbocycles. The Morgan fingerprint density at radius 3 is 2.67 bits per heavy atom. The number of piperidine rings is 1. The van der Waals surface area contributed by atoms with Crippen molar-refractivity contribution >= 4 is 17.3 Å². The van der Waals surface area contributed by atoms with Gasteiger partial charge in [-0.05, 0) is 31.4 Å². The molecule has 4 rings (SSSR count). The molecule has 5 heteroatoms. The molecule has 2 aromatic rings. The lowest BCUT2D eigenvalue weighted by Crippen LogP contribution is -2.52. The number of halogens is 1. The van der Waals surface area contributed by atoms with Gasteiger partial charge in [0.05, 0.1) is 23.5 Å². The molecule has 2 fully saturated rings. The van der Waals surface area contributed by atoms with E-state index in [9.17, 15) is 0 Å². The first kappa shape index (κ1) is 15.4. The van der Waals surface area contributed by atoms with Crippen LogP contribution in [0.25, 0.3) is 0 Å². The predicted octanol–water partition coefficient (Wildman–Crippen LogP) is 3.29. The number of ether oxygens (including phenoxy) is 1. The highest BCUT2D eigenvalue weighted by molar-refractivity contribution is 6.29. The molecule has 0 bridgehead atoms. The number of hydrogen-bond acceptors (Lipinski definition) is 4. The molecule has 4 heterocycles. The average molecular weight is 340 g/mol. The highest BCUT2D eigenvalue weighted by atomic mass is 35.5. The molecule has 0 amide bonds. The molecular formula is C19H18ClN3O. The van der Waals surface area contributed by atoms with Gasteiger partial charge < -0.3 is 9.64 Å². The van der Waals surface area contributed by atoms with Gasteiger partial charge in [0, 0.05) is 43.3 Å². The molecule has 1 spiro atoms. The molecular weight excluding hydrogens is 322 g/mol. The summed E-state index contributed by atoms with van der Waals surface area (Å²) < 4.78 is 5.80. The summed E-state index contributed by atoms with van der Waals surface area (Å²) in [7, 11) is 0. The van der Waals surface area contributed by atoms with E-state index in [4.69, 9.17) is 16.3 Å². The topological polar surface area (TPSA) is 38.2 Å². The van der Waals surface area contributed by atoms with Gasteiger partial charge >= 0.3 is 0 Å². The second kappa shape index (κ2) is 6.43. The van der Waals surface area contributed by atoms with Crippen LogP contribution in [0.3, 0.4) is 0 Å². The van der Waals surface area contributed by atoms with E-state index in [2.05, 4.69) is 26.7 Å². The van der Waals surface area contributed by atoms with Gasteiger partial charge in [0.25, 0.3) is 0 Å². The lowest BCUT2D eigenvalue weighted by atomic mass is 9.84. The first-order valence-electron chi connectivity index (χ1n) is 8.21. The number of hydrogen-bond donors (Lipinski definition) is 0. The molecule has 0 aromatic carbocycles. The van der Waals surface area contributed by atoms with E-state index in [1.54, 1.807) is 18.6 Å². The molecule has 2 aromatic heterocycles. The minimum atomic E-state index is 0.134. The van der Waals surface area contributed by atoms with Crippen LogP contribution in [0.1, 0.15) is 30.4 Å². The Balaban J connectivity index is 1.59. The highest BCUT2D eigenvalue weighted by Gasteiger charge is 2.41. The van der Waals surface area contributed by atoms with Gasteiger partial charge in [-0.1, -0.05) is 23.4 Å². The zero-order valence-electron chi connectivity index (χ0n) is 13.3. The average Bonchev–Trinajstić information content (AvgIpc) is 2.60. The third-order valence-electron chi connectivity index (χ3n) is 4.83. The minimum absolute atomic E-state index is 0.134. The molecule has 2 saturated heterocycles. The summed E-state index contributed by atoms with van der Waals surface area (Å²) in [6, 6.07) is 5.74. The standard InChI is InChI=1S/C19H18ClN3O/c20-18-12-17(23-9-5-19(6-10-23)7-11-24-19)16(14-22-18)4-3-15-2-1-8-21-13-15/h1-2,8,12-14H,5-7,9-11H2. The van der Waals surface area contributed by atoms with Crippen molar-refractivity contribution in [1.82, 2.24) is 9.97 Å². The van der Waals surface area contributed by atoms with Crippen molar-refractivity contribution in [1.29, 1.82) is 0 Å². The summed E-state index contributed by atoms with van der Waals surface area (Å²) in [5, 5.41) is 0.497. The predicted molar refractivity (Wildman–Crippen MR) is 94.2 cm³/mol. The van der Waals surface area contributed by atoms with Crippen molar-refractivity contribution in [3.8, 4) is 11.8 Å². The number of nitrogens with zero attached hydrogens (tertiary/aromatic N) is 3. The van der Waals surface area contributed by atoms with Crippen LogP contribution >= 0.6 is 11.6 Å². The van der Waals surface area contributed by atoms with Crippen molar-refractivity contribution in [2.45, 2.75) is 24.9 Å². The first-order valence-corrected chi connectivity index (χ1v) is 8.58. The van der Waals surface area contributed by atoms with Crippen LogP contribution in [0.15, 0.2) is 36.8 Å². The molecule has 0 radical (unpaired) electrons. The lowest BCUT2D eigenvalue weighted by molar-refractivity contribution is -0.158. The zero-order chi connectivity index (χ0) is 16.4. The number of pyridine rings is 2. The van der Waals surface area contributed by atoms with Crippen molar-refractivity contribution < 1.29 is 4.74 Å². The van der Waals surface area contributed by atoms with Crippen LogP contribution in [0.2, 0.25) is 5.15 Å². The van der Waals surface area contributed by atoms with Crippen molar-refractivity contribution in [2.75, 3.05) is 24.6 Å². The van der Waals surface area contributed by atoms with Crippen LogP contribution in [0.4, 0.5) is 5.69 Å². The quantitative estimate of drug-likeness (QED) is 0.590. The molecule has 122 valence electrons.